The SMILES string of the molecule is CCNC(C)c1ccc(OCc2noc(C)n2)cc1. The van der Waals surface area contributed by atoms with Crippen molar-refractivity contribution in [2.75, 3.05) is 6.54 Å². The van der Waals surface area contributed by atoms with Crippen molar-refractivity contribution in [2.24, 2.45) is 0 Å². The van der Waals surface area contributed by atoms with Crippen LogP contribution < -0.4 is 10.1 Å². The normalized spacial score (nSPS) is 12.4. The van der Waals surface area contributed by atoms with Crippen LogP contribution in [-0.4, -0.2) is 16.7 Å². The second-order valence-electron chi connectivity index (χ2n) is 4.37. The number of aromatic nitrogens is 2. The molecule has 1 aromatic carbocycles. The van der Waals surface area contributed by atoms with Gasteiger partial charge in [-0.2, -0.15) is 4.98 Å². The lowest BCUT2D eigenvalue weighted by Crippen LogP contribution is -2.17. The van der Waals surface area contributed by atoms with Gasteiger partial charge in [-0.1, -0.05) is 24.2 Å². The molecule has 0 fully saturated rings. The molecule has 0 amide bonds. The number of rotatable bonds is 6. The highest BCUT2D eigenvalue weighted by Gasteiger charge is 2.05. The first-order chi connectivity index (χ1) is 9.19. The van der Waals surface area contributed by atoms with Crippen molar-refractivity contribution in [1.29, 1.82) is 0 Å². The Kier molecular flexibility index (Phi) is 4.52. The summed E-state index contributed by atoms with van der Waals surface area (Å²) in [6.45, 7) is 7.27. The van der Waals surface area contributed by atoms with Crippen LogP contribution in [-0.2, 0) is 6.61 Å². The van der Waals surface area contributed by atoms with Crippen molar-refractivity contribution in [3.05, 3.63) is 41.5 Å². The summed E-state index contributed by atoms with van der Waals surface area (Å²) in [4.78, 5) is 4.08. The van der Waals surface area contributed by atoms with Gasteiger partial charge in [-0.3, -0.25) is 0 Å². The standard InChI is InChI=1S/C14H19N3O2/c1-4-15-10(2)12-5-7-13(8-6-12)18-9-14-16-11(3)19-17-14/h5-8,10,15H,4,9H2,1-3H3. The fraction of sp³-hybridized carbons (Fsp3) is 0.429. The maximum atomic E-state index is 5.59. The maximum absolute atomic E-state index is 5.59. The van der Waals surface area contributed by atoms with Gasteiger partial charge < -0.3 is 14.6 Å². The minimum absolute atomic E-state index is 0.319. The van der Waals surface area contributed by atoms with E-state index in [1.165, 1.54) is 5.56 Å². The van der Waals surface area contributed by atoms with E-state index in [9.17, 15) is 0 Å². The van der Waals surface area contributed by atoms with Gasteiger partial charge in [0.15, 0.2) is 6.61 Å². The molecule has 1 aromatic heterocycles. The van der Waals surface area contributed by atoms with Crippen molar-refractivity contribution in [2.45, 2.75) is 33.4 Å². The minimum Gasteiger partial charge on any atom is -0.485 e. The predicted molar refractivity (Wildman–Crippen MR) is 71.9 cm³/mol. The lowest BCUT2D eigenvalue weighted by molar-refractivity contribution is 0.285. The zero-order valence-electron chi connectivity index (χ0n) is 11.5. The van der Waals surface area contributed by atoms with E-state index in [0.29, 0.717) is 24.4 Å². The number of aryl methyl sites for hydroxylation is 1. The monoisotopic (exact) mass is 261 g/mol. The summed E-state index contributed by atoms with van der Waals surface area (Å²) >= 11 is 0. The average molecular weight is 261 g/mol. The zero-order valence-corrected chi connectivity index (χ0v) is 11.5. The van der Waals surface area contributed by atoms with Crippen molar-refractivity contribution < 1.29 is 9.26 Å². The van der Waals surface area contributed by atoms with Crippen LogP contribution in [0.5, 0.6) is 5.75 Å². The first kappa shape index (κ1) is 13.5. The molecule has 0 saturated heterocycles. The van der Waals surface area contributed by atoms with Crippen LogP contribution in [0, 0.1) is 6.92 Å². The summed E-state index contributed by atoms with van der Waals surface area (Å²) in [6.07, 6.45) is 0. The number of hydrogen-bond acceptors (Lipinski definition) is 5. The lowest BCUT2D eigenvalue weighted by Gasteiger charge is -2.13. The molecule has 102 valence electrons. The number of benzene rings is 1. The lowest BCUT2D eigenvalue weighted by atomic mass is 10.1. The highest BCUT2D eigenvalue weighted by atomic mass is 16.5. The van der Waals surface area contributed by atoms with E-state index in [1.54, 1.807) is 6.92 Å². The van der Waals surface area contributed by atoms with Crippen molar-refractivity contribution in [3.63, 3.8) is 0 Å². The number of nitrogens with one attached hydrogen (secondary N) is 1. The Labute approximate surface area is 113 Å². The molecule has 19 heavy (non-hydrogen) atoms. The maximum Gasteiger partial charge on any atom is 0.223 e. The van der Waals surface area contributed by atoms with E-state index in [2.05, 4.69) is 41.4 Å². The quantitative estimate of drug-likeness (QED) is 0.866. The van der Waals surface area contributed by atoms with Crippen LogP contribution in [0.4, 0.5) is 0 Å². The van der Waals surface area contributed by atoms with Gasteiger partial charge >= 0.3 is 0 Å². The number of nitrogens with zero attached hydrogens (tertiary/aromatic N) is 2. The van der Waals surface area contributed by atoms with Crippen LogP contribution in [0.25, 0.3) is 0 Å². The van der Waals surface area contributed by atoms with Gasteiger partial charge in [0.2, 0.25) is 11.7 Å². The Morgan fingerprint density at radius 2 is 2.05 bits per heavy atom. The molecule has 0 radical (unpaired) electrons. The summed E-state index contributed by atoms with van der Waals surface area (Å²) < 4.78 is 10.5. The fourth-order valence-corrected chi connectivity index (χ4v) is 1.82. The molecule has 5 nitrogen and oxygen atoms in total. The summed E-state index contributed by atoms with van der Waals surface area (Å²) in [6, 6.07) is 8.37. The molecule has 2 aromatic rings. The van der Waals surface area contributed by atoms with Crippen molar-refractivity contribution in [1.82, 2.24) is 15.5 Å². The van der Waals surface area contributed by atoms with Gasteiger partial charge in [0.1, 0.15) is 5.75 Å². The second-order valence-corrected chi connectivity index (χ2v) is 4.37. The number of ether oxygens (including phenoxy) is 1. The van der Waals surface area contributed by atoms with Crippen molar-refractivity contribution in [3.8, 4) is 5.75 Å². The molecule has 1 heterocycles. The molecule has 0 aliphatic rings. The van der Waals surface area contributed by atoms with Gasteiger partial charge in [-0.25, -0.2) is 0 Å². The van der Waals surface area contributed by atoms with Gasteiger partial charge in [0.25, 0.3) is 0 Å². The highest BCUT2D eigenvalue weighted by molar-refractivity contribution is 5.28. The molecule has 0 spiro atoms. The Hall–Kier alpha value is -1.88. The molecule has 1 unspecified atom stereocenters. The molecule has 0 saturated carbocycles. The van der Waals surface area contributed by atoms with E-state index in [4.69, 9.17) is 9.26 Å². The summed E-state index contributed by atoms with van der Waals surface area (Å²) in [7, 11) is 0. The molecule has 2 rings (SSSR count). The Balaban J connectivity index is 1.91. The molecular weight excluding hydrogens is 242 g/mol. The molecule has 0 aliphatic heterocycles. The van der Waals surface area contributed by atoms with Crippen LogP contribution in [0.2, 0.25) is 0 Å². The molecule has 0 aliphatic carbocycles. The molecule has 5 heteroatoms. The first-order valence-corrected chi connectivity index (χ1v) is 6.44. The van der Waals surface area contributed by atoms with Crippen molar-refractivity contribution >= 4 is 0 Å². The summed E-state index contributed by atoms with van der Waals surface area (Å²) in [5.74, 6) is 1.91. The fourth-order valence-electron chi connectivity index (χ4n) is 1.82. The summed E-state index contributed by atoms with van der Waals surface area (Å²) in [5.41, 5.74) is 1.24. The predicted octanol–water partition coefficient (Wildman–Crippen LogP) is 2.63. The van der Waals surface area contributed by atoms with Gasteiger partial charge in [-0.05, 0) is 31.2 Å². The molecule has 1 N–H and O–H groups in total. The first-order valence-electron chi connectivity index (χ1n) is 6.44. The minimum atomic E-state index is 0.319. The van der Waals surface area contributed by atoms with Crippen LogP contribution in [0.15, 0.2) is 28.8 Å². The van der Waals surface area contributed by atoms with Gasteiger partial charge in [-0.15, -0.1) is 0 Å². The largest absolute Gasteiger partial charge is 0.485 e. The highest BCUT2D eigenvalue weighted by Crippen LogP contribution is 2.18. The van der Waals surface area contributed by atoms with Crippen LogP contribution >= 0.6 is 0 Å². The van der Waals surface area contributed by atoms with Gasteiger partial charge in [0, 0.05) is 13.0 Å². The van der Waals surface area contributed by atoms with E-state index in [-0.39, 0.29) is 0 Å². The van der Waals surface area contributed by atoms with Crippen LogP contribution in [0.3, 0.4) is 0 Å². The third-order valence-corrected chi connectivity index (χ3v) is 2.83. The van der Waals surface area contributed by atoms with Gasteiger partial charge in [0.05, 0.1) is 0 Å². The van der Waals surface area contributed by atoms with E-state index in [1.807, 2.05) is 12.1 Å². The van der Waals surface area contributed by atoms with Crippen LogP contribution in [0.1, 0.15) is 37.2 Å². The Morgan fingerprint density at radius 1 is 1.32 bits per heavy atom. The second kappa shape index (κ2) is 6.33. The Bertz CT molecular complexity index is 508. The smallest absolute Gasteiger partial charge is 0.223 e. The third-order valence-electron chi connectivity index (χ3n) is 2.83. The average Bonchev–Trinajstić information content (AvgIpc) is 2.83. The third kappa shape index (κ3) is 3.79. The topological polar surface area (TPSA) is 60.2 Å². The molecule has 0 bridgehead atoms. The molecule has 1 atom stereocenters. The van der Waals surface area contributed by atoms with E-state index < -0.39 is 0 Å². The van der Waals surface area contributed by atoms with E-state index >= 15 is 0 Å². The molecular formula is C14H19N3O2. The number of hydrogen-bond donors (Lipinski definition) is 1. The zero-order chi connectivity index (χ0) is 13.7. The summed E-state index contributed by atoms with van der Waals surface area (Å²) in [5, 5.41) is 7.15. The van der Waals surface area contributed by atoms with E-state index in [0.717, 1.165) is 12.3 Å². The Morgan fingerprint density at radius 3 is 2.63 bits per heavy atom.